The highest BCUT2D eigenvalue weighted by Gasteiger charge is 2.30. The van der Waals surface area contributed by atoms with Crippen LogP contribution in [-0.2, 0) is 11.0 Å². The van der Waals surface area contributed by atoms with E-state index in [4.69, 9.17) is 5.11 Å². The number of carbonyl (C=O) groups is 1. The van der Waals surface area contributed by atoms with Gasteiger partial charge in [-0.25, -0.2) is 0 Å². The number of alkyl halides is 3. The Morgan fingerprint density at radius 2 is 1.81 bits per heavy atom. The molecule has 0 aliphatic carbocycles. The van der Waals surface area contributed by atoms with Gasteiger partial charge in [0, 0.05) is 6.54 Å². The molecule has 0 aliphatic heterocycles. The van der Waals surface area contributed by atoms with Crippen LogP contribution < -0.4 is 0 Å². The van der Waals surface area contributed by atoms with E-state index in [-0.39, 0.29) is 6.54 Å². The number of carboxylic acids is 1. The van der Waals surface area contributed by atoms with E-state index in [1.165, 1.54) is 6.07 Å². The van der Waals surface area contributed by atoms with E-state index in [9.17, 15) is 18.0 Å². The van der Waals surface area contributed by atoms with Gasteiger partial charge in [0.25, 0.3) is 0 Å². The van der Waals surface area contributed by atoms with E-state index in [1.807, 2.05) is 35.9 Å². The summed E-state index contributed by atoms with van der Waals surface area (Å²) in [5.41, 5.74) is 4.57. The fraction of sp³-hybridized carbons (Fsp3) is 0.208. The van der Waals surface area contributed by atoms with Crippen LogP contribution in [0.3, 0.4) is 0 Å². The normalized spacial score (nSPS) is 12.4. The van der Waals surface area contributed by atoms with Crippen LogP contribution in [-0.4, -0.2) is 36.1 Å². The van der Waals surface area contributed by atoms with Gasteiger partial charge in [0.05, 0.1) is 12.1 Å². The third-order valence-electron chi connectivity index (χ3n) is 4.88. The maximum atomic E-state index is 13.0. The number of carboxylic acid groups (broad SMARTS) is 1. The summed E-state index contributed by atoms with van der Waals surface area (Å²) < 4.78 is 39.1. The zero-order chi connectivity index (χ0) is 22.6. The fourth-order valence-electron chi connectivity index (χ4n) is 3.28. The van der Waals surface area contributed by atoms with Gasteiger partial charge in [-0.2, -0.15) is 24.5 Å². The second-order valence-corrected chi connectivity index (χ2v) is 8.08. The molecule has 0 spiro atoms. The van der Waals surface area contributed by atoms with E-state index in [1.54, 1.807) is 41.5 Å². The first kappa shape index (κ1) is 22.8. The lowest BCUT2D eigenvalue weighted by Crippen LogP contribution is -2.25. The summed E-state index contributed by atoms with van der Waals surface area (Å²) >= 11 is 1.58. The van der Waals surface area contributed by atoms with Gasteiger partial charge in [-0.3, -0.25) is 9.69 Å². The minimum atomic E-state index is -4.38. The van der Waals surface area contributed by atoms with Gasteiger partial charge in [0.15, 0.2) is 0 Å². The molecule has 0 saturated heterocycles. The van der Waals surface area contributed by atoms with Crippen molar-refractivity contribution < 1.29 is 23.1 Å². The van der Waals surface area contributed by atoms with Crippen LogP contribution in [0.5, 0.6) is 0 Å². The molecule has 0 unspecified atom stereocenters. The van der Waals surface area contributed by atoms with E-state index < -0.39 is 17.7 Å². The van der Waals surface area contributed by atoms with Gasteiger partial charge in [-0.1, -0.05) is 42.5 Å². The van der Waals surface area contributed by atoms with Gasteiger partial charge >= 0.3 is 12.1 Å². The molecule has 0 fully saturated rings. The Labute approximate surface area is 183 Å². The fourth-order valence-corrected chi connectivity index (χ4v) is 4.13. The summed E-state index contributed by atoms with van der Waals surface area (Å²) in [5.74, 6) is -0.894. The highest BCUT2D eigenvalue weighted by molar-refractivity contribution is 7.08. The molecule has 7 heteroatoms. The predicted molar refractivity (Wildman–Crippen MR) is 118 cm³/mol. The number of thiophene rings is 1. The zero-order valence-corrected chi connectivity index (χ0v) is 17.9. The van der Waals surface area contributed by atoms with Crippen molar-refractivity contribution >= 4 is 22.9 Å². The van der Waals surface area contributed by atoms with Crippen molar-refractivity contribution in [1.29, 1.82) is 0 Å². The average molecular weight is 446 g/mol. The molecule has 1 aromatic heterocycles. The Hall–Kier alpha value is -2.90. The molecular formula is C24H22F3NO2S. The van der Waals surface area contributed by atoms with Crippen LogP contribution in [0.15, 0.2) is 65.4 Å². The summed E-state index contributed by atoms with van der Waals surface area (Å²) in [4.78, 5) is 12.6. The molecule has 3 aromatic rings. The monoisotopic (exact) mass is 445 g/mol. The van der Waals surface area contributed by atoms with Crippen LogP contribution in [0.1, 0.15) is 22.3 Å². The summed E-state index contributed by atoms with van der Waals surface area (Å²) in [6.45, 7) is 2.39. The van der Waals surface area contributed by atoms with Crippen molar-refractivity contribution in [2.24, 2.45) is 0 Å². The minimum absolute atomic E-state index is 0.0686. The number of hydrogen-bond donors (Lipinski definition) is 1. The number of rotatable bonds is 7. The molecule has 31 heavy (non-hydrogen) atoms. The standard InChI is InChI=1S/C24H22F3NO2S/c1-16-14-31-15-22(16)21(10-11-28(2)13-23(29)30)18-8-6-17(7-9-18)19-4-3-5-20(12-19)24(25,26)27/h3-10,12,14-15H,11,13H2,1-2H3,(H,29,30)/b21-10-. The second kappa shape index (κ2) is 9.49. The highest BCUT2D eigenvalue weighted by atomic mass is 32.1. The van der Waals surface area contributed by atoms with Gasteiger partial charge in [0.2, 0.25) is 0 Å². The van der Waals surface area contributed by atoms with Crippen molar-refractivity contribution in [1.82, 2.24) is 4.90 Å². The van der Waals surface area contributed by atoms with Gasteiger partial charge < -0.3 is 5.11 Å². The van der Waals surface area contributed by atoms with Crippen molar-refractivity contribution in [3.05, 3.63) is 87.6 Å². The number of aliphatic carboxylic acids is 1. The van der Waals surface area contributed by atoms with E-state index in [0.29, 0.717) is 17.7 Å². The van der Waals surface area contributed by atoms with Crippen molar-refractivity contribution in [2.75, 3.05) is 20.1 Å². The Kier molecular flexibility index (Phi) is 6.97. The molecule has 1 heterocycles. The first-order valence-corrected chi connectivity index (χ1v) is 10.5. The van der Waals surface area contributed by atoms with E-state index in [2.05, 4.69) is 0 Å². The summed E-state index contributed by atoms with van der Waals surface area (Å²) in [5, 5.41) is 13.1. The lowest BCUT2D eigenvalue weighted by Gasteiger charge is -2.14. The van der Waals surface area contributed by atoms with Crippen molar-refractivity contribution in [3.8, 4) is 11.1 Å². The molecule has 0 bridgehead atoms. The molecule has 162 valence electrons. The van der Waals surface area contributed by atoms with Gasteiger partial charge in [-0.05, 0) is 70.3 Å². The summed E-state index contributed by atoms with van der Waals surface area (Å²) in [7, 11) is 1.74. The molecule has 0 atom stereocenters. The third kappa shape index (κ3) is 5.83. The number of aryl methyl sites for hydroxylation is 1. The maximum Gasteiger partial charge on any atom is 0.416 e. The van der Waals surface area contributed by atoms with E-state index in [0.717, 1.165) is 34.4 Å². The average Bonchev–Trinajstić information content (AvgIpc) is 3.13. The quantitative estimate of drug-likeness (QED) is 0.471. The molecule has 0 amide bonds. The first-order valence-electron chi connectivity index (χ1n) is 9.57. The lowest BCUT2D eigenvalue weighted by molar-refractivity contribution is -0.138. The van der Waals surface area contributed by atoms with Crippen LogP contribution in [0, 0.1) is 6.92 Å². The smallest absolute Gasteiger partial charge is 0.416 e. The second-order valence-electron chi connectivity index (χ2n) is 7.33. The van der Waals surface area contributed by atoms with Crippen LogP contribution in [0.25, 0.3) is 16.7 Å². The molecular weight excluding hydrogens is 423 g/mol. The Morgan fingerprint density at radius 1 is 1.10 bits per heavy atom. The van der Waals surface area contributed by atoms with Crippen molar-refractivity contribution in [3.63, 3.8) is 0 Å². The number of nitrogens with zero attached hydrogens (tertiary/aromatic N) is 1. The van der Waals surface area contributed by atoms with E-state index >= 15 is 0 Å². The number of likely N-dealkylation sites (N-methyl/N-ethyl adjacent to an activating group) is 1. The predicted octanol–water partition coefficient (Wildman–Crippen LogP) is 6.19. The number of hydrogen-bond acceptors (Lipinski definition) is 3. The summed E-state index contributed by atoms with van der Waals surface area (Å²) in [6, 6.07) is 12.7. The van der Waals surface area contributed by atoms with Gasteiger partial charge in [0.1, 0.15) is 0 Å². The Bertz CT molecular complexity index is 1080. The largest absolute Gasteiger partial charge is 0.480 e. The Balaban J connectivity index is 1.93. The molecule has 0 radical (unpaired) electrons. The van der Waals surface area contributed by atoms with Crippen LogP contribution in [0.2, 0.25) is 0 Å². The summed E-state index contributed by atoms with van der Waals surface area (Å²) in [6.07, 6.45) is -2.40. The lowest BCUT2D eigenvalue weighted by atomic mass is 9.94. The third-order valence-corrected chi connectivity index (χ3v) is 5.74. The minimum Gasteiger partial charge on any atom is -0.480 e. The molecule has 3 nitrogen and oxygen atoms in total. The molecule has 1 N–H and O–H groups in total. The first-order chi connectivity index (χ1) is 14.6. The molecule has 0 aliphatic rings. The van der Waals surface area contributed by atoms with Crippen molar-refractivity contribution in [2.45, 2.75) is 13.1 Å². The highest BCUT2D eigenvalue weighted by Crippen LogP contribution is 2.33. The van der Waals surface area contributed by atoms with Gasteiger partial charge in [-0.15, -0.1) is 0 Å². The molecule has 2 aromatic carbocycles. The maximum absolute atomic E-state index is 13.0. The topological polar surface area (TPSA) is 40.5 Å². The Morgan fingerprint density at radius 3 is 2.39 bits per heavy atom. The van der Waals surface area contributed by atoms with Crippen LogP contribution in [0.4, 0.5) is 13.2 Å². The molecule has 3 rings (SSSR count). The molecule has 0 saturated carbocycles. The SMILES string of the molecule is Cc1cscc1/C(=C\CN(C)CC(=O)O)c1ccc(-c2cccc(C(F)(F)F)c2)cc1. The number of halogens is 3. The number of benzene rings is 2. The van der Waals surface area contributed by atoms with Crippen LogP contribution >= 0.6 is 11.3 Å². The zero-order valence-electron chi connectivity index (χ0n) is 17.1.